The molecular formula is C28H25N3O2S2. The molecule has 1 N–H and O–H groups in total. The highest BCUT2D eigenvalue weighted by atomic mass is 32.2. The molecule has 0 radical (unpaired) electrons. The maximum absolute atomic E-state index is 14.0. The normalized spacial score (nSPS) is 13.4. The Morgan fingerprint density at radius 1 is 1.11 bits per heavy atom. The number of nitrogens with zero attached hydrogens (tertiary/aromatic N) is 2. The summed E-state index contributed by atoms with van der Waals surface area (Å²) in [7, 11) is 0. The molecule has 2 aromatic carbocycles. The average Bonchev–Trinajstić information content (AvgIpc) is 3.43. The van der Waals surface area contributed by atoms with Crippen LogP contribution in [0.4, 0.5) is 0 Å². The summed E-state index contributed by atoms with van der Waals surface area (Å²) < 4.78 is 1.72. The Morgan fingerprint density at radius 2 is 1.89 bits per heavy atom. The van der Waals surface area contributed by atoms with Crippen LogP contribution in [0.5, 0.6) is 0 Å². The topological polar surface area (TPSA) is 67.8 Å². The first-order valence-corrected chi connectivity index (χ1v) is 13.7. The van der Waals surface area contributed by atoms with E-state index in [-0.39, 0.29) is 17.1 Å². The number of H-pyrrole nitrogens is 1. The number of fused-ring (bicyclic) bond motifs is 4. The van der Waals surface area contributed by atoms with Crippen molar-refractivity contribution in [2.24, 2.45) is 0 Å². The van der Waals surface area contributed by atoms with Crippen molar-refractivity contribution in [3.8, 4) is 5.69 Å². The second-order valence-corrected chi connectivity index (χ2v) is 11.3. The van der Waals surface area contributed by atoms with E-state index in [1.807, 2.05) is 50.2 Å². The van der Waals surface area contributed by atoms with Crippen LogP contribution in [0, 0.1) is 13.8 Å². The molecule has 0 bridgehead atoms. The fourth-order valence-corrected chi connectivity index (χ4v) is 7.30. The van der Waals surface area contributed by atoms with Crippen LogP contribution < -0.4 is 5.56 Å². The van der Waals surface area contributed by atoms with E-state index >= 15 is 0 Å². The van der Waals surface area contributed by atoms with E-state index in [2.05, 4.69) is 11.1 Å². The van der Waals surface area contributed by atoms with Gasteiger partial charge in [-0.2, -0.15) is 0 Å². The molecule has 0 spiro atoms. The van der Waals surface area contributed by atoms with E-state index in [0.717, 1.165) is 63.6 Å². The van der Waals surface area contributed by atoms with Crippen molar-refractivity contribution in [3.63, 3.8) is 0 Å². The van der Waals surface area contributed by atoms with Gasteiger partial charge in [-0.15, -0.1) is 11.3 Å². The van der Waals surface area contributed by atoms with Crippen LogP contribution in [0.15, 0.2) is 58.6 Å². The Labute approximate surface area is 211 Å². The first-order valence-electron chi connectivity index (χ1n) is 11.9. The molecule has 0 aliphatic heterocycles. The van der Waals surface area contributed by atoms with Gasteiger partial charge in [0.05, 0.1) is 16.8 Å². The molecule has 7 heteroatoms. The summed E-state index contributed by atoms with van der Waals surface area (Å²) in [5, 5.41) is 2.24. The standard InChI is InChI=1S/C28H25N3O2S2/c1-16-11-17(2)13-18(12-16)31-27(33)25-20-8-4-6-10-24(20)35-26(25)30-28(31)34-15-23(32)21-14-29-22-9-5-3-7-19(21)22/h3,5,7,9,11-14,29H,4,6,8,10,15H2,1-2H3. The lowest BCUT2D eigenvalue weighted by atomic mass is 9.97. The highest BCUT2D eigenvalue weighted by molar-refractivity contribution is 7.99. The average molecular weight is 500 g/mol. The maximum atomic E-state index is 14.0. The molecule has 0 saturated carbocycles. The smallest absolute Gasteiger partial charge is 0.267 e. The van der Waals surface area contributed by atoms with Crippen LogP contribution in [-0.4, -0.2) is 26.1 Å². The Morgan fingerprint density at radius 3 is 2.71 bits per heavy atom. The molecule has 6 rings (SSSR count). The number of carbonyl (C=O) groups excluding carboxylic acids is 1. The van der Waals surface area contributed by atoms with Gasteiger partial charge in [0.1, 0.15) is 4.83 Å². The zero-order chi connectivity index (χ0) is 24.1. The number of aryl methyl sites for hydroxylation is 4. The summed E-state index contributed by atoms with van der Waals surface area (Å²) in [5.41, 5.74) is 5.74. The van der Waals surface area contributed by atoms with E-state index in [0.29, 0.717) is 10.7 Å². The number of aromatic nitrogens is 3. The lowest BCUT2D eigenvalue weighted by Crippen LogP contribution is -2.23. The number of benzene rings is 2. The summed E-state index contributed by atoms with van der Waals surface area (Å²) in [6.07, 6.45) is 5.99. The van der Waals surface area contributed by atoms with E-state index in [9.17, 15) is 9.59 Å². The predicted molar refractivity (Wildman–Crippen MR) is 145 cm³/mol. The third-order valence-corrected chi connectivity index (χ3v) is 8.77. The molecule has 0 unspecified atom stereocenters. The molecule has 3 heterocycles. The number of aromatic amines is 1. The molecule has 5 nitrogen and oxygen atoms in total. The minimum absolute atomic E-state index is 0.0132. The number of carbonyl (C=O) groups is 1. The van der Waals surface area contributed by atoms with Gasteiger partial charge in [-0.3, -0.25) is 14.2 Å². The molecule has 35 heavy (non-hydrogen) atoms. The van der Waals surface area contributed by atoms with Crippen LogP contribution in [0.25, 0.3) is 26.8 Å². The van der Waals surface area contributed by atoms with E-state index < -0.39 is 0 Å². The second-order valence-electron chi connectivity index (χ2n) is 9.23. The zero-order valence-corrected chi connectivity index (χ0v) is 21.3. The minimum Gasteiger partial charge on any atom is -0.360 e. The van der Waals surface area contributed by atoms with Crippen molar-refractivity contribution in [2.75, 3.05) is 5.75 Å². The third kappa shape index (κ3) is 3.93. The second kappa shape index (κ2) is 8.81. The summed E-state index contributed by atoms with van der Waals surface area (Å²) >= 11 is 2.98. The van der Waals surface area contributed by atoms with Gasteiger partial charge in [0.15, 0.2) is 10.9 Å². The number of nitrogens with one attached hydrogen (secondary N) is 1. The fourth-order valence-electron chi connectivity index (χ4n) is 5.10. The van der Waals surface area contributed by atoms with Gasteiger partial charge < -0.3 is 4.98 Å². The van der Waals surface area contributed by atoms with Crippen molar-refractivity contribution in [1.29, 1.82) is 0 Å². The quantitative estimate of drug-likeness (QED) is 0.173. The monoisotopic (exact) mass is 499 g/mol. The summed E-state index contributed by atoms with van der Waals surface area (Å²) in [5.74, 6) is 0.217. The van der Waals surface area contributed by atoms with Gasteiger partial charge in [0, 0.05) is 27.5 Å². The number of hydrogen-bond acceptors (Lipinski definition) is 5. The lowest BCUT2D eigenvalue weighted by molar-refractivity contribution is 0.102. The first kappa shape index (κ1) is 22.3. The number of thiophene rings is 1. The zero-order valence-electron chi connectivity index (χ0n) is 19.7. The molecule has 5 aromatic rings. The maximum Gasteiger partial charge on any atom is 0.267 e. The molecule has 3 aromatic heterocycles. The molecule has 0 fully saturated rings. The minimum atomic E-state index is -0.0264. The SMILES string of the molecule is Cc1cc(C)cc(-n2c(SCC(=O)c3c[nH]c4ccccc34)nc3sc4c(c3c2=O)CCCC4)c1. The van der Waals surface area contributed by atoms with Crippen molar-refractivity contribution < 1.29 is 4.79 Å². The number of Topliss-reactive ketones (excluding diaryl/α,β-unsaturated/α-hetero) is 1. The van der Waals surface area contributed by atoms with Crippen molar-refractivity contribution >= 4 is 50.0 Å². The highest BCUT2D eigenvalue weighted by Gasteiger charge is 2.24. The van der Waals surface area contributed by atoms with E-state index in [1.165, 1.54) is 22.2 Å². The van der Waals surface area contributed by atoms with Gasteiger partial charge in [-0.25, -0.2) is 4.98 Å². The highest BCUT2D eigenvalue weighted by Crippen LogP contribution is 2.35. The van der Waals surface area contributed by atoms with Crippen molar-refractivity contribution in [1.82, 2.24) is 14.5 Å². The van der Waals surface area contributed by atoms with Crippen LogP contribution in [0.2, 0.25) is 0 Å². The number of thioether (sulfide) groups is 1. The molecule has 1 aliphatic carbocycles. The van der Waals surface area contributed by atoms with Crippen LogP contribution >= 0.6 is 23.1 Å². The van der Waals surface area contributed by atoms with Crippen molar-refractivity contribution in [3.05, 3.63) is 86.1 Å². The Hall–Kier alpha value is -3.16. The van der Waals surface area contributed by atoms with Gasteiger partial charge in [-0.05, 0) is 74.4 Å². The Kier molecular flexibility index (Phi) is 5.61. The van der Waals surface area contributed by atoms with Gasteiger partial charge in [0.2, 0.25) is 0 Å². The molecule has 0 amide bonds. The number of para-hydroxylation sites is 1. The largest absolute Gasteiger partial charge is 0.360 e. The van der Waals surface area contributed by atoms with Crippen LogP contribution in [0.3, 0.4) is 0 Å². The van der Waals surface area contributed by atoms with Crippen LogP contribution in [-0.2, 0) is 12.8 Å². The number of hydrogen-bond donors (Lipinski definition) is 1. The number of ketones is 1. The van der Waals surface area contributed by atoms with Gasteiger partial charge in [-0.1, -0.05) is 36.0 Å². The lowest BCUT2D eigenvalue weighted by Gasteiger charge is -2.14. The molecular weight excluding hydrogens is 474 g/mol. The van der Waals surface area contributed by atoms with Gasteiger partial charge in [0.25, 0.3) is 5.56 Å². The van der Waals surface area contributed by atoms with Crippen LogP contribution in [0.1, 0.15) is 44.8 Å². The van der Waals surface area contributed by atoms with Crippen molar-refractivity contribution in [2.45, 2.75) is 44.7 Å². The Bertz CT molecular complexity index is 1660. The summed E-state index contributed by atoms with van der Waals surface area (Å²) in [6, 6.07) is 13.9. The predicted octanol–water partition coefficient (Wildman–Crippen LogP) is 6.40. The molecule has 0 atom stereocenters. The molecule has 0 saturated heterocycles. The molecule has 176 valence electrons. The van der Waals surface area contributed by atoms with E-state index in [4.69, 9.17) is 4.98 Å². The first-order chi connectivity index (χ1) is 17.0. The Balaban J connectivity index is 1.46. The van der Waals surface area contributed by atoms with E-state index in [1.54, 1.807) is 22.1 Å². The van der Waals surface area contributed by atoms with Gasteiger partial charge >= 0.3 is 0 Å². The summed E-state index contributed by atoms with van der Waals surface area (Å²) in [4.78, 5) is 37.4. The summed E-state index contributed by atoms with van der Waals surface area (Å²) in [6.45, 7) is 4.07. The number of rotatable bonds is 5. The third-order valence-electron chi connectivity index (χ3n) is 6.64. The molecule has 1 aliphatic rings. The fraction of sp³-hybridized carbons (Fsp3) is 0.250.